The van der Waals surface area contributed by atoms with E-state index >= 15 is 0 Å². The van der Waals surface area contributed by atoms with Gasteiger partial charge in [0.05, 0.1) is 12.2 Å². The second kappa shape index (κ2) is 10.9. The molecule has 2 heterocycles. The summed E-state index contributed by atoms with van der Waals surface area (Å²) in [6.07, 6.45) is 1.75. The van der Waals surface area contributed by atoms with Crippen molar-refractivity contribution in [3.8, 4) is 0 Å². The number of aromatic nitrogens is 3. The van der Waals surface area contributed by atoms with E-state index < -0.39 is 6.04 Å². The number of hydrogen-bond donors (Lipinski definition) is 1. The predicted molar refractivity (Wildman–Crippen MR) is 141 cm³/mol. The normalized spacial score (nSPS) is 15.4. The quantitative estimate of drug-likeness (QED) is 0.209. The van der Waals surface area contributed by atoms with Gasteiger partial charge in [0.25, 0.3) is 0 Å². The molecule has 0 amide bonds. The van der Waals surface area contributed by atoms with Gasteiger partial charge in [-0.3, -0.25) is 0 Å². The van der Waals surface area contributed by atoms with Crippen molar-refractivity contribution >= 4 is 23.7 Å². The van der Waals surface area contributed by atoms with Crippen molar-refractivity contribution in [3.05, 3.63) is 82.3 Å². The van der Waals surface area contributed by atoms with Gasteiger partial charge in [0.15, 0.2) is 0 Å². The molecular formula is C28H33FN4O2S. The average Bonchev–Trinajstić information content (AvgIpc) is 3.24. The summed E-state index contributed by atoms with van der Waals surface area (Å²) < 4.78 is 21.5. The maximum Gasteiger partial charge on any atom is 0.338 e. The fraction of sp³-hybridized carbons (Fsp3) is 0.393. The van der Waals surface area contributed by atoms with E-state index in [1.807, 2.05) is 25.1 Å². The van der Waals surface area contributed by atoms with Crippen LogP contribution >= 0.6 is 11.8 Å². The van der Waals surface area contributed by atoms with E-state index in [1.165, 1.54) is 23.4 Å². The number of benzene rings is 2. The lowest BCUT2D eigenvalue weighted by atomic mass is 9.85. The van der Waals surface area contributed by atoms with Gasteiger partial charge in [0, 0.05) is 11.4 Å². The number of unbranched alkanes of at least 4 members (excludes halogenated alkanes) is 1. The Labute approximate surface area is 216 Å². The van der Waals surface area contributed by atoms with Gasteiger partial charge in [-0.2, -0.15) is 4.98 Å². The monoisotopic (exact) mass is 508 g/mol. The Morgan fingerprint density at radius 3 is 2.56 bits per heavy atom. The molecule has 0 saturated carbocycles. The van der Waals surface area contributed by atoms with E-state index in [2.05, 4.69) is 50.1 Å². The van der Waals surface area contributed by atoms with Crippen LogP contribution in [0.25, 0.3) is 0 Å². The van der Waals surface area contributed by atoms with E-state index in [9.17, 15) is 9.18 Å². The van der Waals surface area contributed by atoms with Crippen molar-refractivity contribution in [3.63, 3.8) is 0 Å². The summed E-state index contributed by atoms with van der Waals surface area (Å²) in [6, 6.07) is 14.5. The van der Waals surface area contributed by atoms with Crippen LogP contribution in [-0.4, -0.2) is 27.3 Å². The molecule has 6 nitrogen and oxygen atoms in total. The molecule has 0 spiro atoms. The van der Waals surface area contributed by atoms with Crippen LogP contribution in [0.5, 0.6) is 0 Å². The molecule has 1 N–H and O–H groups in total. The molecule has 0 saturated heterocycles. The Balaban J connectivity index is 1.69. The SMILES string of the molecule is CCCCOC(=O)C1=C(C)Nc2nc(SCc3ccccc3F)nn2C1c1ccc(C(C)(C)C)cc1. The Morgan fingerprint density at radius 2 is 1.89 bits per heavy atom. The molecule has 0 fully saturated rings. The number of thioether (sulfide) groups is 1. The van der Waals surface area contributed by atoms with Crippen LogP contribution in [0.15, 0.2) is 65.0 Å². The number of nitrogens with zero attached hydrogens (tertiary/aromatic N) is 3. The molecule has 190 valence electrons. The third kappa shape index (κ3) is 5.64. The number of ether oxygens (including phenoxy) is 1. The van der Waals surface area contributed by atoms with Crippen LogP contribution in [-0.2, 0) is 20.7 Å². The molecule has 8 heteroatoms. The highest BCUT2D eigenvalue weighted by atomic mass is 32.2. The van der Waals surface area contributed by atoms with Crippen LogP contribution in [0, 0.1) is 5.82 Å². The van der Waals surface area contributed by atoms with Crippen molar-refractivity contribution < 1.29 is 13.9 Å². The summed E-state index contributed by atoms with van der Waals surface area (Å²) in [5.74, 6) is 0.330. The Hall–Kier alpha value is -3.13. The second-order valence-corrected chi connectivity index (χ2v) is 10.9. The van der Waals surface area contributed by atoms with Gasteiger partial charge in [-0.15, -0.1) is 5.10 Å². The minimum Gasteiger partial charge on any atom is -0.462 e. The van der Waals surface area contributed by atoms with E-state index in [1.54, 1.807) is 16.8 Å². The van der Waals surface area contributed by atoms with E-state index in [-0.39, 0.29) is 17.2 Å². The first-order chi connectivity index (χ1) is 17.2. The molecule has 1 atom stereocenters. The summed E-state index contributed by atoms with van der Waals surface area (Å²) in [4.78, 5) is 17.9. The summed E-state index contributed by atoms with van der Waals surface area (Å²) in [7, 11) is 0. The van der Waals surface area contributed by atoms with Gasteiger partial charge >= 0.3 is 5.97 Å². The van der Waals surface area contributed by atoms with Crippen LogP contribution in [0.2, 0.25) is 0 Å². The number of rotatable bonds is 8. The minimum absolute atomic E-state index is 0.00918. The maximum atomic E-state index is 14.1. The number of carbonyl (C=O) groups is 1. The molecule has 1 unspecified atom stereocenters. The summed E-state index contributed by atoms with van der Waals surface area (Å²) in [5, 5.41) is 8.46. The molecular weight excluding hydrogens is 475 g/mol. The first kappa shape index (κ1) is 25.9. The number of halogens is 1. The number of allylic oxidation sites excluding steroid dienone is 1. The van der Waals surface area contributed by atoms with Crippen LogP contribution in [0.1, 0.15) is 70.2 Å². The first-order valence-corrected chi connectivity index (χ1v) is 13.3. The summed E-state index contributed by atoms with van der Waals surface area (Å²) in [5.41, 5.74) is 3.92. The van der Waals surface area contributed by atoms with Crippen molar-refractivity contribution in [1.82, 2.24) is 14.8 Å². The predicted octanol–water partition coefficient (Wildman–Crippen LogP) is 6.64. The number of hydrogen-bond acceptors (Lipinski definition) is 6. The largest absolute Gasteiger partial charge is 0.462 e. The topological polar surface area (TPSA) is 69.0 Å². The van der Waals surface area contributed by atoms with Crippen molar-refractivity contribution in [2.45, 2.75) is 69.8 Å². The lowest BCUT2D eigenvalue weighted by Gasteiger charge is -2.28. The molecule has 0 bridgehead atoms. The summed E-state index contributed by atoms with van der Waals surface area (Å²) in [6.45, 7) is 10.8. The fourth-order valence-electron chi connectivity index (χ4n) is 4.08. The number of anilines is 1. The molecule has 1 aliphatic heterocycles. The molecule has 0 aliphatic carbocycles. The summed E-state index contributed by atoms with van der Waals surface area (Å²) >= 11 is 1.35. The lowest BCUT2D eigenvalue weighted by molar-refractivity contribution is -0.139. The second-order valence-electron chi connectivity index (χ2n) is 9.97. The van der Waals surface area contributed by atoms with Gasteiger partial charge in [0.1, 0.15) is 11.9 Å². The van der Waals surface area contributed by atoms with Gasteiger partial charge < -0.3 is 10.1 Å². The highest BCUT2D eigenvalue weighted by molar-refractivity contribution is 7.98. The number of nitrogens with one attached hydrogen (secondary N) is 1. The number of esters is 1. The van der Waals surface area contributed by atoms with E-state index in [0.717, 1.165) is 18.4 Å². The zero-order valence-electron chi connectivity index (χ0n) is 21.5. The number of fused-ring (bicyclic) bond motifs is 1. The average molecular weight is 509 g/mol. The number of carbonyl (C=O) groups excluding carboxylic acids is 1. The molecule has 4 rings (SSSR count). The molecule has 0 radical (unpaired) electrons. The lowest BCUT2D eigenvalue weighted by Crippen LogP contribution is -2.30. The highest BCUT2D eigenvalue weighted by Crippen LogP contribution is 2.38. The first-order valence-electron chi connectivity index (χ1n) is 12.3. The smallest absolute Gasteiger partial charge is 0.338 e. The van der Waals surface area contributed by atoms with Gasteiger partial charge in [-0.1, -0.05) is 88.3 Å². The van der Waals surface area contributed by atoms with E-state index in [0.29, 0.717) is 40.3 Å². The van der Waals surface area contributed by atoms with Crippen LogP contribution in [0.3, 0.4) is 0 Å². The molecule has 2 aromatic carbocycles. The van der Waals surface area contributed by atoms with Gasteiger partial charge in [0.2, 0.25) is 11.1 Å². The fourth-order valence-corrected chi connectivity index (χ4v) is 4.89. The van der Waals surface area contributed by atoms with E-state index in [4.69, 9.17) is 9.84 Å². The van der Waals surface area contributed by atoms with Gasteiger partial charge in [-0.05, 0) is 41.5 Å². The van der Waals surface area contributed by atoms with Crippen molar-refractivity contribution in [1.29, 1.82) is 0 Å². The van der Waals surface area contributed by atoms with Crippen molar-refractivity contribution in [2.75, 3.05) is 11.9 Å². The Kier molecular flexibility index (Phi) is 7.83. The van der Waals surface area contributed by atoms with Crippen LogP contribution < -0.4 is 5.32 Å². The Bertz CT molecular complexity index is 1260. The standard InChI is InChI=1S/C28H33FN4O2S/c1-6-7-16-35-25(34)23-18(2)30-26-31-27(36-17-20-10-8-9-11-22(20)29)32-33(26)24(23)19-12-14-21(15-13-19)28(3,4)5/h8-15,24H,6-7,16-17H2,1-5H3,(H,30,31,32). The maximum absolute atomic E-state index is 14.1. The van der Waals surface area contributed by atoms with Crippen molar-refractivity contribution in [2.24, 2.45) is 0 Å². The third-order valence-corrected chi connectivity index (χ3v) is 7.08. The minimum atomic E-state index is -0.486. The van der Waals surface area contributed by atoms with Crippen LogP contribution in [0.4, 0.5) is 10.3 Å². The zero-order chi connectivity index (χ0) is 25.9. The Morgan fingerprint density at radius 1 is 1.17 bits per heavy atom. The van der Waals surface area contributed by atoms with Gasteiger partial charge in [-0.25, -0.2) is 13.9 Å². The third-order valence-electron chi connectivity index (χ3n) is 6.19. The zero-order valence-corrected chi connectivity index (χ0v) is 22.3. The highest BCUT2D eigenvalue weighted by Gasteiger charge is 2.35. The molecule has 1 aromatic heterocycles. The molecule has 3 aromatic rings. The molecule has 36 heavy (non-hydrogen) atoms. The molecule has 1 aliphatic rings.